The Hall–Kier alpha value is -2.44. The van der Waals surface area contributed by atoms with Gasteiger partial charge < -0.3 is 14.2 Å². The number of hydrazone groups is 1. The number of rotatable bonds is 10. The summed E-state index contributed by atoms with van der Waals surface area (Å²) in [4.78, 5) is 12.3. The summed E-state index contributed by atoms with van der Waals surface area (Å²) in [5.41, 5.74) is 3.49. The highest BCUT2D eigenvalue weighted by molar-refractivity contribution is 6.37. The van der Waals surface area contributed by atoms with E-state index in [1.807, 2.05) is 13.8 Å². The molecule has 0 aromatic heterocycles. The SMILES string of the molecule is CCCOc1ccc(C(=O)N/N=C/c2cc(Cl)c(OCCC)c(Cl)c2)cc1OC. The molecule has 2 aromatic rings. The van der Waals surface area contributed by atoms with Gasteiger partial charge in [0.25, 0.3) is 5.91 Å². The molecule has 0 aliphatic rings. The minimum absolute atomic E-state index is 0.381. The Morgan fingerprint density at radius 2 is 1.69 bits per heavy atom. The van der Waals surface area contributed by atoms with Crippen LogP contribution < -0.4 is 19.6 Å². The number of hydrogen-bond donors (Lipinski definition) is 1. The van der Waals surface area contributed by atoms with E-state index in [1.54, 1.807) is 30.3 Å². The maximum absolute atomic E-state index is 12.3. The molecule has 29 heavy (non-hydrogen) atoms. The van der Waals surface area contributed by atoms with E-state index in [1.165, 1.54) is 13.3 Å². The fourth-order valence-electron chi connectivity index (χ4n) is 2.37. The van der Waals surface area contributed by atoms with E-state index < -0.39 is 0 Å². The molecule has 0 aliphatic carbocycles. The lowest BCUT2D eigenvalue weighted by atomic mass is 10.2. The molecule has 6 nitrogen and oxygen atoms in total. The Morgan fingerprint density at radius 3 is 2.31 bits per heavy atom. The molecule has 0 aliphatic heterocycles. The fraction of sp³-hybridized carbons (Fsp3) is 0.333. The van der Waals surface area contributed by atoms with Gasteiger partial charge in [0.05, 0.1) is 36.6 Å². The highest BCUT2D eigenvalue weighted by Crippen LogP contribution is 2.34. The average Bonchev–Trinajstić information content (AvgIpc) is 2.71. The summed E-state index contributed by atoms with van der Waals surface area (Å²) >= 11 is 12.4. The number of hydrogen-bond acceptors (Lipinski definition) is 5. The second kappa shape index (κ2) is 11.5. The standard InChI is InChI=1S/C21H24Cl2N2O4/c1-4-8-28-18-7-6-15(12-19(18)27-3)21(26)25-24-13-14-10-16(22)20(17(23)11-14)29-9-5-2/h6-7,10-13H,4-5,8-9H2,1-3H3,(H,25,26)/b24-13+. The summed E-state index contributed by atoms with van der Waals surface area (Å²) < 4.78 is 16.4. The van der Waals surface area contributed by atoms with Crippen LogP contribution in [0.5, 0.6) is 17.2 Å². The molecule has 0 spiro atoms. The monoisotopic (exact) mass is 438 g/mol. The summed E-state index contributed by atoms with van der Waals surface area (Å²) in [5.74, 6) is 1.12. The summed E-state index contributed by atoms with van der Waals surface area (Å²) in [5, 5.41) is 4.73. The number of halogens is 2. The van der Waals surface area contributed by atoms with Gasteiger partial charge in [-0.05, 0) is 48.7 Å². The second-order valence-corrected chi connectivity index (χ2v) is 6.89. The zero-order valence-electron chi connectivity index (χ0n) is 16.6. The van der Waals surface area contributed by atoms with Crippen LogP contribution in [-0.2, 0) is 0 Å². The van der Waals surface area contributed by atoms with Crippen LogP contribution >= 0.6 is 23.2 Å². The number of nitrogens with one attached hydrogen (secondary N) is 1. The molecule has 1 amide bonds. The van der Waals surface area contributed by atoms with Crippen molar-refractivity contribution in [3.8, 4) is 17.2 Å². The average molecular weight is 439 g/mol. The minimum Gasteiger partial charge on any atom is -0.493 e. The first kappa shape index (κ1) is 22.8. The Kier molecular flexibility index (Phi) is 9.09. The predicted molar refractivity (Wildman–Crippen MR) is 116 cm³/mol. The molecule has 0 unspecified atom stereocenters. The van der Waals surface area contributed by atoms with Gasteiger partial charge in [0.2, 0.25) is 0 Å². The lowest BCUT2D eigenvalue weighted by molar-refractivity contribution is 0.0954. The van der Waals surface area contributed by atoms with Gasteiger partial charge in [-0.3, -0.25) is 4.79 Å². The zero-order chi connectivity index (χ0) is 21.2. The number of nitrogens with zero attached hydrogens (tertiary/aromatic N) is 1. The largest absolute Gasteiger partial charge is 0.493 e. The molecule has 0 radical (unpaired) electrons. The van der Waals surface area contributed by atoms with Crippen LogP contribution in [0.4, 0.5) is 0 Å². The van der Waals surface area contributed by atoms with Crippen molar-refractivity contribution in [2.45, 2.75) is 26.7 Å². The third-order valence-electron chi connectivity index (χ3n) is 3.74. The number of benzene rings is 2. The number of carbonyl (C=O) groups excluding carboxylic acids is 1. The van der Waals surface area contributed by atoms with E-state index in [4.69, 9.17) is 37.4 Å². The van der Waals surface area contributed by atoms with E-state index in [0.717, 1.165) is 12.8 Å². The van der Waals surface area contributed by atoms with Gasteiger partial charge in [0.15, 0.2) is 17.2 Å². The topological polar surface area (TPSA) is 69.2 Å². The zero-order valence-corrected chi connectivity index (χ0v) is 18.1. The minimum atomic E-state index is -0.387. The highest BCUT2D eigenvalue weighted by Gasteiger charge is 2.11. The Morgan fingerprint density at radius 1 is 1.03 bits per heavy atom. The predicted octanol–water partition coefficient (Wildman–Crippen LogP) is 5.34. The molecular formula is C21H24Cl2N2O4. The number of carbonyl (C=O) groups is 1. The van der Waals surface area contributed by atoms with Crippen LogP contribution in [-0.4, -0.2) is 32.4 Å². The summed E-state index contributed by atoms with van der Waals surface area (Å²) in [6.07, 6.45) is 3.17. The molecule has 0 saturated heterocycles. The number of ether oxygens (including phenoxy) is 3. The number of methoxy groups -OCH3 is 1. The fourth-order valence-corrected chi connectivity index (χ4v) is 2.98. The van der Waals surface area contributed by atoms with Crippen molar-refractivity contribution in [1.29, 1.82) is 0 Å². The first-order valence-corrected chi connectivity index (χ1v) is 10.0. The summed E-state index contributed by atoms with van der Waals surface area (Å²) in [6, 6.07) is 8.27. The van der Waals surface area contributed by atoms with E-state index in [9.17, 15) is 4.79 Å². The lowest BCUT2D eigenvalue weighted by Gasteiger charge is -2.11. The molecule has 2 rings (SSSR count). The first-order chi connectivity index (χ1) is 14.0. The smallest absolute Gasteiger partial charge is 0.271 e. The maximum atomic E-state index is 12.3. The third-order valence-corrected chi connectivity index (χ3v) is 4.30. The van der Waals surface area contributed by atoms with Gasteiger partial charge in [-0.25, -0.2) is 5.43 Å². The Bertz CT molecular complexity index is 849. The van der Waals surface area contributed by atoms with Crippen LogP contribution in [0, 0.1) is 0 Å². The van der Waals surface area contributed by atoms with E-state index in [0.29, 0.717) is 51.6 Å². The van der Waals surface area contributed by atoms with E-state index in [-0.39, 0.29) is 5.91 Å². The van der Waals surface area contributed by atoms with Crippen molar-refractivity contribution >= 4 is 35.3 Å². The van der Waals surface area contributed by atoms with Gasteiger partial charge in [-0.1, -0.05) is 37.0 Å². The summed E-state index contributed by atoms with van der Waals surface area (Å²) in [6.45, 7) is 5.10. The molecule has 2 aromatic carbocycles. The van der Waals surface area contributed by atoms with Crippen molar-refractivity contribution < 1.29 is 19.0 Å². The van der Waals surface area contributed by atoms with Gasteiger partial charge in [-0.2, -0.15) is 5.10 Å². The first-order valence-electron chi connectivity index (χ1n) is 9.26. The molecular weight excluding hydrogens is 415 g/mol. The molecule has 8 heteroatoms. The van der Waals surface area contributed by atoms with Gasteiger partial charge in [0.1, 0.15) is 0 Å². The van der Waals surface area contributed by atoms with Crippen molar-refractivity contribution in [2.24, 2.45) is 5.10 Å². The lowest BCUT2D eigenvalue weighted by Crippen LogP contribution is -2.17. The normalized spacial score (nSPS) is 10.8. The quantitative estimate of drug-likeness (QED) is 0.401. The summed E-state index contributed by atoms with van der Waals surface area (Å²) in [7, 11) is 1.52. The molecule has 0 heterocycles. The molecule has 0 bridgehead atoms. The van der Waals surface area contributed by atoms with Crippen molar-refractivity contribution in [2.75, 3.05) is 20.3 Å². The molecule has 0 saturated carbocycles. The van der Waals surface area contributed by atoms with Crippen LogP contribution in [0.15, 0.2) is 35.4 Å². The van der Waals surface area contributed by atoms with E-state index in [2.05, 4.69) is 10.5 Å². The van der Waals surface area contributed by atoms with Gasteiger partial charge in [-0.15, -0.1) is 0 Å². The van der Waals surface area contributed by atoms with Crippen LogP contribution in [0.25, 0.3) is 0 Å². The van der Waals surface area contributed by atoms with Crippen LogP contribution in [0.1, 0.15) is 42.6 Å². The van der Waals surface area contributed by atoms with Gasteiger partial charge >= 0.3 is 0 Å². The van der Waals surface area contributed by atoms with Crippen molar-refractivity contribution in [3.05, 3.63) is 51.5 Å². The third kappa shape index (κ3) is 6.54. The van der Waals surface area contributed by atoms with Crippen molar-refractivity contribution in [3.63, 3.8) is 0 Å². The van der Waals surface area contributed by atoms with Crippen LogP contribution in [0.2, 0.25) is 10.0 Å². The molecule has 1 N–H and O–H groups in total. The van der Waals surface area contributed by atoms with Gasteiger partial charge in [0, 0.05) is 5.56 Å². The molecule has 0 atom stereocenters. The van der Waals surface area contributed by atoms with Crippen LogP contribution in [0.3, 0.4) is 0 Å². The maximum Gasteiger partial charge on any atom is 0.271 e. The van der Waals surface area contributed by atoms with E-state index >= 15 is 0 Å². The molecule has 156 valence electrons. The Labute approximate surface area is 180 Å². The van der Waals surface area contributed by atoms with Crippen molar-refractivity contribution in [1.82, 2.24) is 5.43 Å². The second-order valence-electron chi connectivity index (χ2n) is 6.08. The Balaban J connectivity index is 2.05. The highest BCUT2D eigenvalue weighted by atomic mass is 35.5. The molecule has 0 fully saturated rings. The number of amides is 1.